The third kappa shape index (κ3) is 2.94. The van der Waals surface area contributed by atoms with Crippen LogP contribution in [0, 0.1) is 12.3 Å². The number of fused-ring (bicyclic) bond motifs is 1. The summed E-state index contributed by atoms with van der Waals surface area (Å²) in [6.07, 6.45) is 5.62. The number of hydrogen-bond acceptors (Lipinski definition) is 3. The molecule has 0 bridgehead atoms. The van der Waals surface area contributed by atoms with E-state index in [9.17, 15) is 8.42 Å². The molecule has 116 valence electrons. The van der Waals surface area contributed by atoms with Crippen molar-refractivity contribution < 1.29 is 8.42 Å². The zero-order chi connectivity index (χ0) is 16.3. The van der Waals surface area contributed by atoms with Crippen LogP contribution in [-0.4, -0.2) is 40.4 Å². The SMILES string of the molecule is C#CCCN(C)S(=O)(=O)c1cccc2c(N(C)C)cccc12. The van der Waals surface area contributed by atoms with Gasteiger partial charge in [-0.25, -0.2) is 8.42 Å². The van der Waals surface area contributed by atoms with E-state index in [4.69, 9.17) is 6.42 Å². The topological polar surface area (TPSA) is 40.6 Å². The van der Waals surface area contributed by atoms with Crippen LogP contribution in [0.15, 0.2) is 41.3 Å². The average Bonchev–Trinajstić information content (AvgIpc) is 2.50. The number of terminal acetylenes is 1. The van der Waals surface area contributed by atoms with Gasteiger partial charge in [0.05, 0.1) is 4.90 Å². The number of rotatable bonds is 5. The summed E-state index contributed by atoms with van der Waals surface area (Å²) in [6.45, 7) is 0.308. The van der Waals surface area contributed by atoms with Crippen LogP contribution in [-0.2, 0) is 10.0 Å². The molecule has 0 radical (unpaired) electrons. The van der Waals surface area contributed by atoms with Crippen LogP contribution >= 0.6 is 0 Å². The van der Waals surface area contributed by atoms with Crippen molar-refractivity contribution in [3.8, 4) is 12.3 Å². The molecule has 2 aromatic carbocycles. The summed E-state index contributed by atoms with van der Waals surface area (Å²) in [5.41, 5.74) is 0.987. The third-order valence-corrected chi connectivity index (χ3v) is 5.52. The molecule has 0 spiro atoms. The fourth-order valence-corrected chi connectivity index (χ4v) is 3.76. The van der Waals surface area contributed by atoms with Gasteiger partial charge in [-0.3, -0.25) is 0 Å². The second-order valence-corrected chi connectivity index (χ2v) is 7.32. The lowest BCUT2D eigenvalue weighted by atomic mass is 10.1. The maximum absolute atomic E-state index is 12.8. The third-order valence-electron chi connectivity index (χ3n) is 3.60. The maximum Gasteiger partial charge on any atom is 0.243 e. The largest absolute Gasteiger partial charge is 0.377 e. The van der Waals surface area contributed by atoms with E-state index in [0.717, 1.165) is 16.5 Å². The molecule has 0 aliphatic heterocycles. The minimum atomic E-state index is -3.56. The van der Waals surface area contributed by atoms with E-state index in [1.54, 1.807) is 19.2 Å². The van der Waals surface area contributed by atoms with Crippen LogP contribution in [0.3, 0.4) is 0 Å². The Morgan fingerprint density at radius 2 is 1.68 bits per heavy atom. The lowest BCUT2D eigenvalue weighted by Crippen LogP contribution is -2.28. The zero-order valence-corrected chi connectivity index (χ0v) is 13.9. The number of benzene rings is 2. The van der Waals surface area contributed by atoms with Gasteiger partial charge >= 0.3 is 0 Å². The summed E-state index contributed by atoms with van der Waals surface area (Å²) >= 11 is 0. The smallest absolute Gasteiger partial charge is 0.243 e. The molecule has 0 aromatic heterocycles. The van der Waals surface area contributed by atoms with Crippen LogP contribution in [0.2, 0.25) is 0 Å². The second kappa shape index (κ2) is 6.39. The predicted molar refractivity (Wildman–Crippen MR) is 91.5 cm³/mol. The number of hydrogen-bond donors (Lipinski definition) is 0. The molecule has 0 saturated carbocycles. The van der Waals surface area contributed by atoms with E-state index >= 15 is 0 Å². The summed E-state index contributed by atoms with van der Waals surface area (Å²) in [5.74, 6) is 2.47. The zero-order valence-electron chi connectivity index (χ0n) is 13.1. The van der Waals surface area contributed by atoms with Gasteiger partial charge in [0.2, 0.25) is 10.0 Å². The van der Waals surface area contributed by atoms with Crippen LogP contribution in [0.5, 0.6) is 0 Å². The van der Waals surface area contributed by atoms with E-state index in [1.807, 2.05) is 43.3 Å². The normalized spacial score (nSPS) is 11.6. The molecule has 4 nitrogen and oxygen atoms in total. The van der Waals surface area contributed by atoms with Gasteiger partial charge in [-0.15, -0.1) is 12.3 Å². The quantitative estimate of drug-likeness (QED) is 0.796. The first-order valence-electron chi connectivity index (χ1n) is 6.98. The Hall–Kier alpha value is -2.03. The first-order valence-corrected chi connectivity index (χ1v) is 8.42. The van der Waals surface area contributed by atoms with Gasteiger partial charge in [0.15, 0.2) is 0 Å². The fourth-order valence-electron chi connectivity index (χ4n) is 2.39. The molecular weight excluding hydrogens is 296 g/mol. The Morgan fingerprint density at radius 3 is 2.32 bits per heavy atom. The highest BCUT2D eigenvalue weighted by molar-refractivity contribution is 7.89. The number of anilines is 1. The molecule has 0 saturated heterocycles. The highest BCUT2D eigenvalue weighted by Gasteiger charge is 2.23. The van der Waals surface area contributed by atoms with Gasteiger partial charge in [-0.2, -0.15) is 4.31 Å². The van der Waals surface area contributed by atoms with Crippen molar-refractivity contribution in [2.45, 2.75) is 11.3 Å². The van der Waals surface area contributed by atoms with Crippen LogP contribution in [0.4, 0.5) is 5.69 Å². The van der Waals surface area contributed by atoms with E-state index in [0.29, 0.717) is 17.9 Å². The Balaban J connectivity index is 2.62. The van der Waals surface area contributed by atoms with Gasteiger partial charge in [0.25, 0.3) is 0 Å². The molecule has 0 aliphatic rings. The second-order valence-electron chi connectivity index (χ2n) is 5.30. The fraction of sp³-hybridized carbons (Fsp3) is 0.294. The van der Waals surface area contributed by atoms with Crippen LogP contribution < -0.4 is 4.90 Å². The number of nitrogens with zero attached hydrogens (tertiary/aromatic N) is 2. The maximum atomic E-state index is 12.8. The van der Waals surface area contributed by atoms with Crippen molar-refractivity contribution in [3.05, 3.63) is 36.4 Å². The Morgan fingerprint density at radius 1 is 1.05 bits per heavy atom. The molecule has 0 atom stereocenters. The van der Waals surface area contributed by atoms with Crippen molar-refractivity contribution in [1.82, 2.24) is 4.31 Å². The Labute approximate surface area is 132 Å². The lowest BCUT2D eigenvalue weighted by Gasteiger charge is -2.20. The van der Waals surface area contributed by atoms with E-state index < -0.39 is 10.0 Å². The summed E-state index contributed by atoms with van der Waals surface area (Å²) in [5, 5.41) is 1.64. The highest BCUT2D eigenvalue weighted by Crippen LogP contribution is 2.31. The molecule has 0 N–H and O–H groups in total. The van der Waals surface area contributed by atoms with Gasteiger partial charge in [-0.05, 0) is 12.1 Å². The molecule has 0 amide bonds. The minimum absolute atomic E-state index is 0.308. The van der Waals surface area contributed by atoms with E-state index in [2.05, 4.69) is 5.92 Å². The molecular formula is C17H20N2O2S. The molecule has 0 fully saturated rings. The van der Waals surface area contributed by atoms with Gasteiger partial charge in [0.1, 0.15) is 0 Å². The lowest BCUT2D eigenvalue weighted by molar-refractivity contribution is 0.478. The molecule has 2 aromatic rings. The molecule has 2 rings (SSSR count). The van der Waals surface area contributed by atoms with Crippen molar-refractivity contribution in [1.29, 1.82) is 0 Å². The molecule has 0 aliphatic carbocycles. The van der Waals surface area contributed by atoms with Gasteiger partial charge < -0.3 is 4.90 Å². The average molecular weight is 316 g/mol. The molecule has 5 heteroatoms. The summed E-state index contributed by atoms with van der Waals surface area (Å²) in [7, 11) is 1.87. The monoisotopic (exact) mass is 316 g/mol. The molecule has 0 unspecified atom stereocenters. The molecule has 22 heavy (non-hydrogen) atoms. The van der Waals surface area contributed by atoms with Crippen molar-refractivity contribution in [3.63, 3.8) is 0 Å². The Bertz CT molecular complexity index is 820. The standard InChI is InChI=1S/C17H20N2O2S/c1-5-6-13-19(4)22(20,21)17-12-8-9-14-15(17)10-7-11-16(14)18(2)3/h1,7-12H,6,13H2,2-4H3. The summed E-state index contributed by atoms with van der Waals surface area (Å²) < 4.78 is 26.9. The summed E-state index contributed by atoms with van der Waals surface area (Å²) in [4.78, 5) is 2.29. The van der Waals surface area contributed by atoms with Crippen molar-refractivity contribution in [2.24, 2.45) is 0 Å². The predicted octanol–water partition coefficient (Wildman–Crippen LogP) is 2.55. The van der Waals surface area contributed by atoms with Crippen molar-refractivity contribution >= 4 is 26.5 Å². The minimum Gasteiger partial charge on any atom is -0.377 e. The van der Waals surface area contributed by atoms with Gasteiger partial charge in [-0.1, -0.05) is 24.3 Å². The molecule has 0 heterocycles. The first-order chi connectivity index (χ1) is 10.4. The van der Waals surface area contributed by atoms with Crippen LogP contribution in [0.1, 0.15) is 6.42 Å². The first kappa shape index (κ1) is 16.3. The van der Waals surface area contributed by atoms with Gasteiger partial charge in [0, 0.05) is 50.6 Å². The summed E-state index contributed by atoms with van der Waals surface area (Å²) in [6, 6.07) is 11.0. The highest BCUT2D eigenvalue weighted by atomic mass is 32.2. The van der Waals surface area contributed by atoms with E-state index in [1.165, 1.54) is 4.31 Å². The Kier molecular flexibility index (Phi) is 4.74. The number of sulfonamides is 1. The van der Waals surface area contributed by atoms with Crippen LogP contribution in [0.25, 0.3) is 10.8 Å². The van der Waals surface area contributed by atoms with E-state index in [-0.39, 0.29) is 0 Å². The van der Waals surface area contributed by atoms with Crippen molar-refractivity contribution in [2.75, 3.05) is 32.6 Å².